The Balaban J connectivity index is 1.95. The molecule has 15 heavy (non-hydrogen) atoms. The molecule has 2 aliphatic rings. The molecule has 1 aliphatic heterocycles. The van der Waals surface area contributed by atoms with Crippen LogP contribution in [0.2, 0.25) is 0 Å². The maximum absolute atomic E-state index is 11.8. The van der Waals surface area contributed by atoms with Gasteiger partial charge in [-0.3, -0.25) is 4.79 Å². The van der Waals surface area contributed by atoms with Crippen molar-refractivity contribution >= 4 is 5.91 Å². The SMILES string of the molecule is COC1(CN2CCCC(N)C2=O)CCC1. The van der Waals surface area contributed by atoms with E-state index in [-0.39, 0.29) is 17.6 Å². The van der Waals surface area contributed by atoms with Crippen molar-refractivity contribution in [2.24, 2.45) is 5.73 Å². The highest BCUT2D eigenvalue weighted by Gasteiger charge is 2.41. The summed E-state index contributed by atoms with van der Waals surface area (Å²) in [7, 11) is 1.74. The van der Waals surface area contributed by atoms with E-state index in [0.717, 1.165) is 38.8 Å². The summed E-state index contributed by atoms with van der Waals surface area (Å²) in [5.41, 5.74) is 5.69. The maximum atomic E-state index is 11.8. The van der Waals surface area contributed by atoms with Crippen LogP contribution < -0.4 is 5.73 Å². The van der Waals surface area contributed by atoms with E-state index in [9.17, 15) is 4.79 Å². The number of ether oxygens (including phenoxy) is 1. The van der Waals surface area contributed by atoms with Crippen LogP contribution >= 0.6 is 0 Å². The second-order valence-corrected chi connectivity index (χ2v) is 4.75. The summed E-state index contributed by atoms with van der Waals surface area (Å²) in [5.74, 6) is 0.101. The first-order chi connectivity index (χ1) is 7.17. The van der Waals surface area contributed by atoms with Crippen LogP contribution in [-0.2, 0) is 9.53 Å². The van der Waals surface area contributed by atoms with Gasteiger partial charge < -0.3 is 15.4 Å². The lowest BCUT2D eigenvalue weighted by Gasteiger charge is -2.45. The van der Waals surface area contributed by atoms with Crippen LogP contribution in [0.15, 0.2) is 0 Å². The highest BCUT2D eigenvalue weighted by atomic mass is 16.5. The van der Waals surface area contributed by atoms with Crippen LogP contribution in [0.5, 0.6) is 0 Å². The van der Waals surface area contributed by atoms with Gasteiger partial charge in [-0.25, -0.2) is 0 Å². The topological polar surface area (TPSA) is 55.6 Å². The van der Waals surface area contributed by atoms with E-state index >= 15 is 0 Å². The van der Waals surface area contributed by atoms with Crippen molar-refractivity contribution in [3.05, 3.63) is 0 Å². The second-order valence-electron chi connectivity index (χ2n) is 4.75. The molecule has 1 aliphatic carbocycles. The van der Waals surface area contributed by atoms with E-state index in [1.54, 1.807) is 7.11 Å². The van der Waals surface area contributed by atoms with Crippen LogP contribution in [0.1, 0.15) is 32.1 Å². The summed E-state index contributed by atoms with van der Waals surface area (Å²) in [6.45, 7) is 1.58. The number of piperidine rings is 1. The number of amides is 1. The number of hydrogen-bond donors (Lipinski definition) is 1. The Bertz CT molecular complexity index is 245. The normalized spacial score (nSPS) is 30.1. The van der Waals surface area contributed by atoms with Crippen molar-refractivity contribution in [3.8, 4) is 0 Å². The van der Waals surface area contributed by atoms with Gasteiger partial charge in [0.25, 0.3) is 0 Å². The Morgan fingerprint density at radius 2 is 2.27 bits per heavy atom. The molecule has 2 N–H and O–H groups in total. The Labute approximate surface area is 90.8 Å². The fourth-order valence-electron chi connectivity index (χ4n) is 2.47. The van der Waals surface area contributed by atoms with Gasteiger partial charge in [-0.15, -0.1) is 0 Å². The summed E-state index contributed by atoms with van der Waals surface area (Å²) in [6.07, 6.45) is 5.20. The third kappa shape index (κ3) is 2.01. The van der Waals surface area contributed by atoms with Crippen molar-refractivity contribution in [2.75, 3.05) is 20.2 Å². The zero-order valence-corrected chi connectivity index (χ0v) is 9.37. The molecule has 1 unspecified atom stereocenters. The number of methoxy groups -OCH3 is 1. The molecule has 0 aromatic carbocycles. The molecule has 2 rings (SSSR count). The Morgan fingerprint density at radius 3 is 2.80 bits per heavy atom. The molecular weight excluding hydrogens is 192 g/mol. The molecule has 1 heterocycles. The van der Waals surface area contributed by atoms with Gasteiger partial charge in [-0.05, 0) is 32.1 Å². The van der Waals surface area contributed by atoms with Crippen molar-refractivity contribution in [2.45, 2.75) is 43.7 Å². The lowest BCUT2D eigenvalue weighted by atomic mass is 9.79. The van der Waals surface area contributed by atoms with Gasteiger partial charge in [0, 0.05) is 20.2 Å². The van der Waals surface area contributed by atoms with Crippen LogP contribution in [0.4, 0.5) is 0 Å². The molecule has 4 heteroatoms. The Hall–Kier alpha value is -0.610. The molecule has 86 valence electrons. The predicted octanol–water partition coefficient (Wildman–Crippen LogP) is 0.505. The summed E-state index contributed by atoms with van der Waals surface area (Å²) < 4.78 is 5.53. The van der Waals surface area contributed by atoms with E-state index in [1.807, 2.05) is 4.90 Å². The van der Waals surface area contributed by atoms with Gasteiger partial charge in [0.15, 0.2) is 0 Å². The van der Waals surface area contributed by atoms with Gasteiger partial charge in [0.05, 0.1) is 11.6 Å². The molecule has 4 nitrogen and oxygen atoms in total. The molecule has 0 aromatic heterocycles. The number of likely N-dealkylation sites (tertiary alicyclic amines) is 1. The summed E-state index contributed by atoms with van der Waals surface area (Å²) in [6, 6.07) is -0.285. The smallest absolute Gasteiger partial charge is 0.239 e. The zero-order chi connectivity index (χ0) is 10.9. The van der Waals surface area contributed by atoms with E-state index in [0.29, 0.717) is 0 Å². The van der Waals surface area contributed by atoms with Crippen LogP contribution in [-0.4, -0.2) is 42.6 Å². The third-order valence-electron chi connectivity index (χ3n) is 3.75. The van der Waals surface area contributed by atoms with Crippen molar-refractivity contribution < 1.29 is 9.53 Å². The minimum atomic E-state index is -0.285. The van der Waals surface area contributed by atoms with E-state index in [4.69, 9.17) is 10.5 Å². The number of carbonyl (C=O) groups is 1. The third-order valence-corrected chi connectivity index (χ3v) is 3.75. The van der Waals surface area contributed by atoms with Crippen molar-refractivity contribution in [1.82, 2.24) is 4.90 Å². The van der Waals surface area contributed by atoms with Gasteiger partial charge in [-0.2, -0.15) is 0 Å². The molecule has 0 bridgehead atoms. The molecule has 1 saturated heterocycles. The fraction of sp³-hybridized carbons (Fsp3) is 0.909. The van der Waals surface area contributed by atoms with Crippen LogP contribution in [0.25, 0.3) is 0 Å². The number of carbonyl (C=O) groups excluding carboxylic acids is 1. The highest BCUT2D eigenvalue weighted by Crippen LogP contribution is 2.36. The maximum Gasteiger partial charge on any atom is 0.239 e. The standard InChI is InChI=1S/C11H20N2O2/c1-15-11(5-3-6-11)8-13-7-2-4-9(12)10(13)14/h9H,2-8,12H2,1H3. The zero-order valence-electron chi connectivity index (χ0n) is 9.37. The molecule has 1 saturated carbocycles. The predicted molar refractivity (Wildman–Crippen MR) is 57.4 cm³/mol. The Kier molecular flexibility index (Phi) is 2.98. The van der Waals surface area contributed by atoms with Crippen LogP contribution in [0, 0.1) is 0 Å². The fourth-order valence-corrected chi connectivity index (χ4v) is 2.47. The summed E-state index contributed by atoms with van der Waals surface area (Å²) in [4.78, 5) is 13.7. The minimum absolute atomic E-state index is 0.0628. The molecule has 0 spiro atoms. The molecule has 1 atom stereocenters. The van der Waals surface area contributed by atoms with Crippen molar-refractivity contribution in [3.63, 3.8) is 0 Å². The lowest BCUT2D eigenvalue weighted by molar-refractivity contribution is -0.145. The molecule has 2 fully saturated rings. The molecule has 0 aromatic rings. The highest BCUT2D eigenvalue weighted by molar-refractivity contribution is 5.82. The number of hydrogen-bond acceptors (Lipinski definition) is 3. The van der Waals surface area contributed by atoms with Gasteiger partial charge in [-0.1, -0.05) is 0 Å². The van der Waals surface area contributed by atoms with Crippen molar-refractivity contribution in [1.29, 1.82) is 0 Å². The Morgan fingerprint density at radius 1 is 1.53 bits per heavy atom. The van der Waals surface area contributed by atoms with Gasteiger partial charge >= 0.3 is 0 Å². The van der Waals surface area contributed by atoms with E-state index in [1.165, 1.54) is 6.42 Å². The summed E-state index contributed by atoms with van der Waals surface area (Å²) in [5, 5.41) is 0. The first kappa shape index (κ1) is 10.9. The lowest BCUT2D eigenvalue weighted by Crippen LogP contribution is -2.56. The number of nitrogens with two attached hydrogens (primary N) is 1. The average Bonchev–Trinajstić information content (AvgIpc) is 2.18. The molecular formula is C11H20N2O2. The van der Waals surface area contributed by atoms with Gasteiger partial charge in [0.2, 0.25) is 5.91 Å². The average molecular weight is 212 g/mol. The first-order valence-electron chi connectivity index (χ1n) is 5.76. The summed E-state index contributed by atoms with van der Waals surface area (Å²) >= 11 is 0. The minimum Gasteiger partial charge on any atom is -0.376 e. The second kappa shape index (κ2) is 4.10. The van der Waals surface area contributed by atoms with E-state index in [2.05, 4.69) is 0 Å². The van der Waals surface area contributed by atoms with Gasteiger partial charge in [0.1, 0.15) is 0 Å². The quantitative estimate of drug-likeness (QED) is 0.741. The van der Waals surface area contributed by atoms with Crippen LogP contribution in [0.3, 0.4) is 0 Å². The van der Waals surface area contributed by atoms with E-state index < -0.39 is 0 Å². The number of nitrogens with zero attached hydrogens (tertiary/aromatic N) is 1. The first-order valence-corrected chi connectivity index (χ1v) is 5.76. The monoisotopic (exact) mass is 212 g/mol. The molecule has 0 radical (unpaired) electrons. The molecule has 1 amide bonds. The number of rotatable bonds is 3. The largest absolute Gasteiger partial charge is 0.376 e.